The van der Waals surface area contributed by atoms with Gasteiger partial charge in [-0.25, -0.2) is 0 Å². The van der Waals surface area contributed by atoms with E-state index in [0.29, 0.717) is 22.8 Å². The number of rotatable bonds is 4. The molecule has 0 aliphatic carbocycles. The second-order valence-corrected chi connectivity index (χ2v) is 5.23. The van der Waals surface area contributed by atoms with Gasteiger partial charge < -0.3 is 19.1 Å². The lowest BCUT2D eigenvalue weighted by Gasteiger charge is -2.34. The number of piperidine rings is 1. The molecule has 1 saturated heterocycles. The minimum absolute atomic E-state index is 0.0139. The fourth-order valence-electron chi connectivity index (χ4n) is 2.82. The van der Waals surface area contributed by atoms with Crippen LogP contribution in [0.3, 0.4) is 0 Å². The Balaban J connectivity index is 2.40. The van der Waals surface area contributed by atoms with Gasteiger partial charge in [0.15, 0.2) is 11.5 Å². The van der Waals surface area contributed by atoms with Crippen LogP contribution < -0.4 is 14.2 Å². The van der Waals surface area contributed by atoms with Crippen LogP contribution in [0.15, 0.2) is 12.1 Å². The molecule has 0 radical (unpaired) electrons. The number of carbonyl (C=O) groups excluding carboxylic acids is 1. The van der Waals surface area contributed by atoms with Crippen molar-refractivity contribution in [2.24, 2.45) is 0 Å². The number of hydrogen-bond donors (Lipinski definition) is 0. The van der Waals surface area contributed by atoms with Crippen molar-refractivity contribution in [3.05, 3.63) is 17.7 Å². The fourth-order valence-corrected chi connectivity index (χ4v) is 2.82. The molecule has 0 bridgehead atoms. The molecule has 0 saturated carbocycles. The molecule has 1 aliphatic rings. The zero-order chi connectivity index (χ0) is 15.4. The maximum atomic E-state index is 12.8. The van der Waals surface area contributed by atoms with Crippen molar-refractivity contribution in [1.29, 1.82) is 0 Å². The summed E-state index contributed by atoms with van der Waals surface area (Å²) in [4.78, 5) is 14.7. The summed E-state index contributed by atoms with van der Waals surface area (Å²) < 4.78 is 16.0. The van der Waals surface area contributed by atoms with Crippen molar-refractivity contribution in [3.8, 4) is 17.2 Å². The summed E-state index contributed by atoms with van der Waals surface area (Å²) in [5.41, 5.74) is 0.518. The average Bonchev–Trinajstić information content (AvgIpc) is 2.52. The fraction of sp³-hybridized carbons (Fsp3) is 0.562. The predicted octanol–water partition coefficient (Wildman–Crippen LogP) is 2.73. The number of hydrogen-bond acceptors (Lipinski definition) is 4. The highest BCUT2D eigenvalue weighted by Gasteiger charge is 2.28. The van der Waals surface area contributed by atoms with Crippen molar-refractivity contribution in [2.45, 2.75) is 32.2 Å². The van der Waals surface area contributed by atoms with Gasteiger partial charge in [0.25, 0.3) is 5.91 Å². The van der Waals surface area contributed by atoms with Crippen LogP contribution in [0.2, 0.25) is 0 Å². The molecule has 5 nitrogen and oxygen atoms in total. The van der Waals surface area contributed by atoms with Crippen molar-refractivity contribution < 1.29 is 19.0 Å². The minimum atomic E-state index is -0.0139. The smallest absolute Gasteiger partial charge is 0.258 e. The van der Waals surface area contributed by atoms with Gasteiger partial charge in [-0.15, -0.1) is 0 Å². The molecule has 0 aromatic heterocycles. The first kappa shape index (κ1) is 15.5. The summed E-state index contributed by atoms with van der Waals surface area (Å²) in [5.74, 6) is 1.42. The standard InChI is InChI=1S/C16H23NO4/c1-11-7-5-6-10-17(11)16(18)12-8-9-13(19-2)15(21-4)14(12)20-3/h8-9,11H,5-7,10H2,1-4H3. The number of benzene rings is 1. The zero-order valence-electron chi connectivity index (χ0n) is 13.1. The van der Waals surface area contributed by atoms with E-state index in [4.69, 9.17) is 14.2 Å². The Labute approximate surface area is 125 Å². The van der Waals surface area contributed by atoms with E-state index < -0.39 is 0 Å². The minimum Gasteiger partial charge on any atom is -0.493 e. The third-order valence-corrected chi connectivity index (χ3v) is 4.00. The topological polar surface area (TPSA) is 48.0 Å². The second kappa shape index (κ2) is 6.70. The molecule has 21 heavy (non-hydrogen) atoms. The molecule has 1 fully saturated rings. The quantitative estimate of drug-likeness (QED) is 0.856. The zero-order valence-corrected chi connectivity index (χ0v) is 13.1. The maximum Gasteiger partial charge on any atom is 0.258 e. The Hall–Kier alpha value is -1.91. The van der Waals surface area contributed by atoms with Crippen LogP contribution in [0.4, 0.5) is 0 Å². The maximum absolute atomic E-state index is 12.8. The molecule has 1 amide bonds. The van der Waals surface area contributed by atoms with Crippen LogP contribution in [0.5, 0.6) is 17.2 Å². The lowest BCUT2D eigenvalue weighted by atomic mass is 10.0. The molecule has 0 N–H and O–H groups in total. The number of amides is 1. The van der Waals surface area contributed by atoms with E-state index in [1.165, 1.54) is 20.6 Å². The van der Waals surface area contributed by atoms with E-state index >= 15 is 0 Å². The SMILES string of the molecule is COc1ccc(C(=O)N2CCCCC2C)c(OC)c1OC. The molecular weight excluding hydrogens is 270 g/mol. The number of methoxy groups -OCH3 is 3. The number of likely N-dealkylation sites (tertiary alicyclic amines) is 1. The average molecular weight is 293 g/mol. The Morgan fingerprint density at radius 3 is 2.38 bits per heavy atom. The molecule has 116 valence electrons. The first-order chi connectivity index (χ1) is 10.1. The van der Waals surface area contributed by atoms with Gasteiger partial charge in [-0.2, -0.15) is 0 Å². The van der Waals surface area contributed by atoms with Gasteiger partial charge >= 0.3 is 0 Å². The third-order valence-electron chi connectivity index (χ3n) is 4.00. The summed E-state index contributed by atoms with van der Waals surface area (Å²) in [6.07, 6.45) is 3.26. The van der Waals surface area contributed by atoms with Gasteiger partial charge in [0, 0.05) is 12.6 Å². The summed E-state index contributed by atoms with van der Waals surface area (Å²) in [6, 6.07) is 3.73. The molecule has 1 aromatic carbocycles. The predicted molar refractivity (Wildman–Crippen MR) is 80.4 cm³/mol. The Kier molecular flexibility index (Phi) is 4.94. The highest BCUT2D eigenvalue weighted by atomic mass is 16.5. The van der Waals surface area contributed by atoms with Crippen molar-refractivity contribution >= 4 is 5.91 Å². The van der Waals surface area contributed by atoms with E-state index in [2.05, 4.69) is 6.92 Å². The molecule has 1 aromatic rings. The first-order valence-corrected chi connectivity index (χ1v) is 7.24. The van der Waals surface area contributed by atoms with Gasteiger partial charge in [-0.05, 0) is 38.3 Å². The highest BCUT2D eigenvalue weighted by Crippen LogP contribution is 2.40. The molecule has 0 spiro atoms. The third kappa shape index (κ3) is 2.91. The van der Waals surface area contributed by atoms with Crippen LogP contribution in [0.1, 0.15) is 36.5 Å². The Morgan fingerprint density at radius 1 is 1.10 bits per heavy atom. The highest BCUT2D eigenvalue weighted by molar-refractivity contribution is 5.98. The Bertz CT molecular complexity index is 515. The van der Waals surface area contributed by atoms with Gasteiger partial charge in [0.05, 0.1) is 26.9 Å². The van der Waals surface area contributed by atoms with Crippen LogP contribution in [0.25, 0.3) is 0 Å². The largest absolute Gasteiger partial charge is 0.493 e. The number of ether oxygens (including phenoxy) is 3. The summed E-state index contributed by atoms with van der Waals surface area (Å²) in [6.45, 7) is 2.88. The molecule has 1 heterocycles. The number of carbonyl (C=O) groups is 1. The van der Waals surface area contributed by atoms with E-state index in [1.54, 1.807) is 19.2 Å². The van der Waals surface area contributed by atoms with Gasteiger partial charge in [-0.3, -0.25) is 4.79 Å². The van der Waals surface area contributed by atoms with E-state index in [0.717, 1.165) is 19.4 Å². The van der Waals surface area contributed by atoms with Crippen molar-refractivity contribution in [1.82, 2.24) is 4.90 Å². The molecule has 1 aliphatic heterocycles. The first-order valence-electron chi connectivity index (χ1n) is 7.24. The van der Waals surface area contributed by atoms with Crippen LogP contribution in [0, 0.1) is 0 Å². The van der Waals surface area contributed by atoms with Gasteiger partial charge in [0.2, 0.25) is 5.75 Å². The second-order valence-electron chi connectivity index (χ2n) is 5.23. The van der Waals surface area contributed by atoms with Gasteiger partial charge in [0.1, 0.15) is 0 Å². The lowest BCUT2D eigenvalue weighted by Crippen LogP contribution is -2.42. The lowest BCUT2D eigenvalue weighted by molar-refractivity contribution is 0.0631. The van der Waals surface area contributed by atoms with Crippen LogP contribution in [-0.4, -0.2) is 44.7 Å². The van der Waals surface area contributed by atoms with E-state index in [9.17, 15) is 4.79 Å². The van der Waals surface area contributed by atoms with Crippen molar-refractivity contribution in [3.63, 3.8) is 0 Å². The van der Waals surface area contributed by atoms with Crippen LogP contribution >= 0.6 is 0 Å². The van der Waals surface area contributed by atoms with Crippen LogP contribution in [-0.2, 0) is 0 Å². The normalized spacial score (nSPS) is 18.3. The molecule has 5 heteroatoms. The molecule has 2 rings (SSSR count). The van der Waals surface area contributed by atoms with Gasteiger partial charge in [-0.1, -0.05) is 0 Å². The molecule has 1 atom stereocenters. The Morgan fingerprint density at radius 2 is 1.81 bits per heavy atom. The number of nitrogens with zero attached hydrogens (tertiary/aromatic N) is 1. The monoisotopic (exact) mass is 293 g/mol. The summed E-state index contributed by atoms with van der Waals surface area (Å²) in [7, 11) is 4.64. The van der Waals surface area contributed by atoms with E-state index in [-0.39, 0.29) is 11.9 Å². The molecular formula is C16H23NO4. The van der Waals surface area contributed by atoms with Crippen molar-refractivity contribution in [2.75, 3.05) is 27.9 Å². The summed E-state index contributed by atoms with van der Waals surface area (Å²) >= 11 is 0. The molecule has 1 unspecified atom stereocenters. The van der Waals surface area contributed by atoms with E-state index in [1.807, 2.05) is 4.90 Å². The summed E-state index contributed by atoms with van der Waals surface area (Å²) in [5, 5.41) is 0.